The molecule has 0 heterocycles. The minimum absolute atomic E-state index is 0.158. The van der Waals surface area contributed by atoms with E-state index in [0.29, 0.717) is 23.7 Å². The highest BCUT2D eigenvalue weighted by Crippen LogP contribution is 2.24. The SMILES string of the molecule is Cc1ccc(CC(C)(C)C(=O)O)cc1CNS(=O)(=O)c1ccccc1CC(C)C. The molecule has 0 atom stereocenters. The van der Waals surface area contributed by atoms with Crippen LogP contribution in [0.1, 0.15) is 49.9 Å². The van der Waals surface area contributed by atoms with Gasteiger partial charge in [0, 0.05) is 6.54 Å². The first-order chi connectivity index (χ1) is 13.4. The average molecular weight is 418 g/mol. The van der Waals surface area contributed by atoms with Crippen molar-refractivity contribution in [2.24, 2.45) is 11.3 Å². The number of rotatable bonds is 9. The predicted molar refractivity (Wildman–Crippen MR) is 115 cm³/mol. The molecule has 0 aliphatic rings. The number of aliphatic carboxylic acids is 1. The Hall–Kier alpha value is -2.18. The minimum atomic E-state index is -3.66. The van der Waals surface area contributed by atoms with E-state index in [9.17, 15) is 18.3 Å². The number of carboxylic acid groups (broad SMARTS) is 1. The average Bonchev–Trinajstić information content (AvgIpc) is 2.61. The van der Waals surface area contributed by atoms with Gasteiger partial charge in [-0.15, -0.1) is 0 Å². The highest BCUT2D eigenvalue weighted by atomic mass is 32.2. The molecule has 0 spiro atoms. The zero-order chi connectivity index (χ0) is 21.8. The molecule has 6 heteroatoms. The van der Waals surface area contributed by atoms with E-state index in [2.05, 4.69) is 18.6 Å². The molecule has 0 saturated heterocycles. The fraction of sp³-hybridized carbons (Fsp3) is 0.435. The van der Waals surface area contributed by atoms with E-state index in [1.807, 2.05) is 37.3 Å². The molecule has 0 radical (unpaired) electrons. The molecular weight excluding hydrogens is 386 g/mol. The summed E-state index contributed by atoms with van der Waals surface area (Å²) in [6.07, 6.45) is 1.06. The largest absolute Gasteiger partial charge is 0.481 e. The number of aryl methyl sites for hydroxylation is 1. The number of carbonyl (C=O) groups is 1. The van der Waals surface area contributed by atoms with E-state index < -0.39 is 21.4 Å². The molecule has 0 unspecified atom stereocenters. The van der Waals surface area contributed by atoms with Crippen LogP contribution in [0.15, 0.2) is 47.4 Å². The summed E-state index contributed by atoms with van der Waals surface area (Å²) in [4.78, 5) is 11.7. The quantitative estimate of drug-likeness (QED) is 0.636. The minimum Gasteiger partial charge on any atom is -0.481 e. The fourth-order valence-electron chi connectivity index (χ4n) is 3.24. The number of hydrogen-bond donors (Lipinski definition) is 2. The lowest BCUT2D eigenvalue weighted by atomic mass is 9.85. The van der Waals surface area contributed by atoms with Gasteiger partial charge in [-0.05, 0) is 67.9 Å². The van der Waals surface area contributed by atoms with Crippen molar-refractivity contribution in [3.05, 3.63) is 64.7 Å². The first-order valence-corrected chi connectivity index (χ1v) is 11.3. The van der Waals surface area contributed by atoms with Crippen LogP contribution in [0.2, 0.25) is 0 Å². The van der Waals surface area contributed by atoms with Crippen molar-refractivity contribution in [3.8, 4) is 0 Å². The van der Waals surface area contributed by atoms with Gasteiger partial charge in [-0.3, -0.25) is 4.79 Å². The smallest absolute Gasteiger partial charge is 0.309 e. The molecule has 0 fully saturated rings. The second-order valence-electron chi connectivity index (χ2n) is 8.66. The summed E-state index contributed by atoms with van der Waals surface area (Å²) in [5.41, 5.74) is 2.59. The van der Waals surface area contributed by atoms with Crippen molar-refractivity contribution in [2.75, 3.05) is 0 Å². The highest BCUT2D eigenvalue weighted by molar-refractivity contribution is 7.89. The monoisotopic (exact) mass is 417 g/mol. The normalized spacial score (nSPS) is 12.3. The highest BCUT2D eigenvalue weighted by Gasteiger charge is 2.27. The molecule has 2 rings (SSSR count). The first kappa shape index (κ1) is 23.1. The topological polar surface area (TPSA) is 83.5 Å². The second-order valence-corrected chi connectivity index (χ2v) is 10.4. The van der Waals surface area contributed by atoms with E-state index in [4.69, 9.17) is 0 Å². The van der Waals surface area contributed by atoms with Crippen molar-refractivity contribution in [3.63, 3.8) is 0 Å². The van der Waals surface area contributed by atoms with Gasteiger partial charge in [0.25, 0.3) is 0 Å². The second kappa shape index (κ2) is 9.09. The molecule has 29 heavy (non-hydrogen) atoms. The molecule has 0 aromatic heterocycles. The van der Waals surface area contributed by atoms with Crippen LogP contribution in [0.25, 0.3) is 0 Å². The Morgan fingerprint density at radius 1 is 1.10 bits per heavy atom. The molecule has 0 amide bonds. The van der Waals surface area contributed by atoms with Gasteiger partial charge in [0.1, 0.15) is 0 Å². The predicted octanol–water partition coefficient (Wildman–Crippen LogP) is 4.33. The van der Waals surface area contributed by atoms with E-state index in [1.165, 1.54) is 0 Å². The molecule has 2 N–H and O–H groups in total. The first-order valence-electron chi connectivity index (χ1n) is 9.82. The van der Waals surface area contributed by atoms with Gasteiger partial charge in [0.2, 0.25) is 10.0 Å². The van der Waals surface area contributed by atoms with Gasteiger partial charge in [-0.2, -0.15) is 0 Å². The maximum absolute atomic E-state index is 12.9. The summed E-state index contributed by atoms with van der Waals surface area (Å²) in [6.45, 7) is 9.56. The van der Waals surface area contributed by atoms with Crippen LogP contribution in [0, 0.1) is 18.3 Å². The van der Waals surface area contributed by atoms with Gasteiger partial charge in [-0.25, -0.2) is 13.1 Å². The zero-order valence-electron chi connectivity index (χ0n) is 17.8. The lowest BCUT2D eigenvalue weighted by molar-refractivity contribution is -0.146. The molecule has 2 aromatic carbocycles. The van der Waals surface area contributed by atoms with Crippen LogP contribution in [0.4, 0.5) is 0 Å². The summed E-state index contributed by atoms with van der Waals surface area (Å²) < 4.78 is 28.6. The Morgan fingerprint density at radius 2 is 1.76 bits per heavy atom. The Bertz CT molecular complexity index is 978. The van der Waals surface area contributed by atoms with Crippen molar-refractivity contribution in [1.29, 1.82) is 0 Å². The summed E-state index contributed by atoms with van der Waals surface area (Å²) in [5.74, 6) is -0.509. The van der Waals surface area contributed by atoms with Gasteiger partial charge >= 0.3 is 5.97 Å². The van der Waals surface area contributed by atoms with Gasteiger partial charge in [-0.1, -0.05) is 50.2 Å². The summed E-state index contributed by atoms with van der Waals surface area (Å²) in [5, 5.41) is 9.36. The van der Waals surface area contributed by atoms with Crippen LogP contribution in [0.3, 0.4) is 0 Å². The standard InChI is InChI=1S/C23H31NO4S/c1-16(2)12-19-8-6-7-9-21(19)29(27,28)24-15-20-13-18(11-10-17(20)3)14-23(4,5)22(25)26/h6-11,13,16,24H,12,14-15H2,1-5H3,(H,25,26). The summed E-state index contributed by atoms with van der Waals surface area (Å²) in [7, 11) is -3.66. The number of benzene rings is 2. The maximum atomic E-state index is 12.9. The van der Waals surface area contributed by atoms with Gasteiger partial charge < -0.3 is 5.11 Å². The van der Waals surface area contributed by atoms with E-state index in [1.54, 1.807) is 26.0 Å². The third kappa shape index (κ3) is 6.15. The number of nitrogens with one attached hydrogen (secondary N) is 1. The van der Waals surface area contributed by atoms with Crippen LogP contribution < -0.4 is 4.72 Å². The van der Waals surface area contributed by atoms with Crippen LogP contribution in [0.5, 0.6) is 0 Å². The lowest BCUT2D eigenvalue weighted by Gasteiger charge is -2.20. The van der Waals surface area contributed by atoms with Gasteiger partial charge in [0.05, 0.1) is 10.3 Å². The van der Waals surface area contributed by atoms with Crippen molar-refractivity contribution in [1.82, 2.24) is 4.72 Å². The van der Waals surface area contributed by atoms with Crippen LogP contribution >= 0.6 is 0 Å². The molecule has 0 aliphatic carbocycles. The van der Waals surface area contributed by atoms with Crippen molar-refractivity contribution in [2.45, 2.75) is 58.9 Å². The maximum Gasteiger partial charge on any atom is 0.309 e. The molecule has 0 saturated carbocycles. The van der Waals surface area contributed by atoms with Gasteiger partial charge in [0.15, 0.2) is 0 Å². The van der Waals surface area contributed by atoms with Crippen molar-refractivity contribution >= 4 is 16.0 Å². The molecular formula is C23H31NO4S. The summed E-state index contributed by atoms with van der Waals surface area (Å²) >= 11 is 0. The Labute approximate surface area is 174 Å². The molecule has 0 bridgehead atoms. The third-order valence-corrected chi connectivity index (χ3v) is 6.48. The van der Waals surface area contributed by atoms with Crippen molar-refractivity contribution < 1.29 is 18.3 Å². The van der Waals surface area contributed by atoms with E-state index in [-0.39, 0.29) is 6.54 Å². The molecule has 5 nitrogen and oxygen atoms in total. The number of carboxylic acids is 1. The summed E-state index contributed by atoms with van der Waals surface area (Å²) in [6, 6.07) is 12.8. The third-order valence-electron chi connectivity index (χ3n) is 4.98. The fourth-order valence-corrected chi connectivity index (χ4v) is 4.49. The van der Waals surface area contributed by atoms with E-state index >= 15 is 0 Å². The molecule has 158 valence electrons. The number of hydrogen-bond acceptors (Lipinski definition) is 3. The van der Waals surface area contributed by atoms with E-state index in [0.717, 1.165) is 22.3 Å². The Balaban J connectivity index is 2.23. The number of sulfonamides is 1. The van der Waals surface area contributed by atoms with Crippen LogP contribution in [-0.4, -0.2) is 19.5 Å². The zero-order valence-corrected chi connectivity index (χ0v) is 18.6. The van der Waals surface area contributed by atoms with Crippen LogP contribution in [-0.2, 0) is 34.2 Å². The molecule has 2 aromatic rings. The Kier molecular flexibility index (Phi) is 7.25. The lowest BCUT2D eigenvalue weighted by Crippen LogP contribution is -2.27. The molecule has 0 aliphatic heterocycles. The Morgan fingerprint density at radius 3 is 2.38 bits per heavy atom.